The van der Waals surface area contributed by atoms with Gasteiger partial charge in [0.15, 0.2) is 0 Å². The number of hydrogen-bond acceptors (Lipinski definition) is 3. The van der Waals surface area contributed by atoms with Gasteiger partial charge in [-0.15, -0.1) is 0 Å². The molecule has 0 aliphatic rings. The van der Waals surface area contributed by atoms with E-state index in [9.17, 15) is 5.11 Å². The minimum atomic E-state index is 0.00446. The number of aromatic hydroxyl groups is 1. The summed E-state index contributed by atoms with van der Waals surface area (Å²) in [5.74, 6) is 0.00446. The van der Waals surface area contributed by atoms with Crippen molar-refractivity contribution in [2.45, 2.75) is 58.3 Å². The van der Waals surface area contributed by atoms with E-state index in [2.05, 4.69) is 12.1 Å². The van der Waals surface area contributed by atoms with Crippen molar-refractivity contribution in [3.05, 3.63) is 27.7 Å². The zero-order chi connectivity index (χ0) is 16.4. The van der Waals surface area contributed by atoms with Gasteiger partial charge in [-0.3, -0.25) is 0 Å². The molecule has 0 fully saturated rings. The predicted octanol–water partition coefficient (Wildman–Crippen LogP) is 6.19. The first kappa shape index (κ1) is 19.1. The Balaban J connectivity index is 2.58. The SMILES string of the molecule is CCCCCCCCC/C(=N\OC)c1cc(Cl)cc(Cl)c1O. The normalized spacial score (nSPS) is 11.7. The van der Waals surface area contributed by atoms with Gasteiger partial charge in [0.05, 0.1) is 10.7 Å². The molecule has 1 aromatic carbocycles. The third kappa shape index (κ3) is 6.45. The van der Waals surface area contributed by atoms with E-state index in [0.29, 0.717) is 16.3 Å². The maximum atomic E-state index is 10.1. The van der Waals surface area contributed by atoms with Gasteiger partial charge < -0.3 is 9.94 Å². The Hall–Kier alpha value is -0.930. The van der Waals surface area contributed by atoms with Crippen LogP contribution in [0, 0.1) is 0 Å². The van der Waals surface area contributed by atoms with E-state index < -0.39 is 0 Å². The minimum absolute atomic E-state index is 0.00446. The van der Waals surface area contributed by atoms with Gasteiger partial charge in [0.25, 0.3) is 0 Å². The molecule has 0 saturated heterocycles. The Morgan fingerprint density at radius 1 is 1.09 bits per heavy atom. The molecular formula is C17H25Cl2NO2. The van der Waals surface area contributed by atoms with Crippen molar-refractivity contribution in [3.8, 4) is 5.75 Å². The Kier molecular flexibility index (Phi) is 9.33. The number of benzene rings is 1. The van der Waals surface area contributed by atoms with Crippen molar-refractivity contribution in [1.29, 1.82) is 0 Å². The minimum Gasteiger partial charge on any atom is -0.506 e. The van der Waals surface area contributed by atoms with Crippen molar-refractivity contribution in [2.24, 2.45) is 5.16 Å². The number of phenolic OH excluding ortho intramolecular Hbond substituents is 1. The lowest BCUT2D eigenvalue weighted by molar-refractivity contribution is 0.212. The molecule has 0 unspecified atom stereocenters. The van der Waals surface area contributed by atoms with Crippen LogP contribution in [0.4, 0.5) is 0 Å². The zero-order valence-electron chi connectivity index (χ0n) is 13.4. The average Bonchev–Trinajstić information content (AvgIpc) is 2.49. The van der Waals surface area contributed by atoms with Gasteiger partial charge in [-0.05, 0) is 25.0 Å². The monoisotopic (exact) mass is 345 g/mol. The number of phenols is 1. The smallest absolute Gasteiger partial charge is 0.143 e. The topological polar surface area (TPSA) is 41.8 Å². The lowest BCUT2D eigenvalue weighted by atomic mass is 10.0. The maximum Gasteiger partial charge on any atom is 0.143 e. The molecule has 5 heteroatoms. The fourth-order valence-corrected chi connectivity index (χ4v) is 2.87. The molecule has 0 aromatic heterocycles. The zero-order valence-corrected chi connectivity index (χ0v) is 14.9. The third-order valence-electron chi connectivity index (χ3n) is 3.56. The second-order valence-electron chi connectivity index (χ2n) is 5.38. The van der Waals surface area contributed by atoms with Crippen molar-refractivity contribution < 1.29 is 9.94 Å². The summed E-state index contributed by atoms with van der Waals surface area (Å²) in [6.07, 6.45) is 9.25. The fraction of sp³-hybridized carbons (Fsp3) is 0.588. The van der Waals surface area contributed by atoms with Gasteiger partial charge in [-0.25, -0.2) is 0 Å². The highest BCUT2D eigenvalue weighted by atomic mass is 35.5. The Labute approximate surface area is 143 Å². The number of rotatable bonds is 10. The van der Waals surface area contributed by atoms with Crippen LogP contribution in [0.5, 0.6) is 5.75 Å². The molecule has 0 bridgehead atoms. The first-order valence-electron chi connectivity index (χ1n) is 7.88. The second-order valence-corrected chi connectivity index (χ2v) is 6.22. The first-order valence-corrected chi connectivity index (χ1v) is 8.64. The van der Waals surface area contributed by atoms with E-state index in [4.69, 9.17) is 28.0 Å². The third-order valence-corrected chi connectivity index (χ3v) is 4.06. The molecule has 0 heterocycles. The van der Waals surface area contributed by atoms with Crippen LogP contribution in [-0.2, 0) is 4.84 Å². The molecule has 22 heavy (non-hydrogen) atoms. The van der Waals surface area contributed by atoms with Crippen molar-refractivity contribution in [2.75, 3.05) is 7.11 Å². The molecule has 3 nitrogen and oxygen atoms in total. The number of unbranched alkanes of at least 4 members (excludes halogenated alkanes) is 6. The van der Waals surface area contributed by atoms with E-state index in [0.717, 1.165) is 19.3 Å². The summed E-state index contributed by atoms with van der Waals surface area (Å²) in [7, 11) is 1.49. The Morgan fingerprint density at radius 2 is 1.73 bits per heavy atom. The number of nitrogens with zero attached hydrogens (tertiary/aromatic N) is 1. The van der Waals surface area contributed by atoms with Gasteiger partial charge in [0.1, 0.15) is 12.9 Å². The van der Waals surface area contributed by atoms with E-state index in [1.54, 1.807) is 6.07 Å². The average molecular weight is 346 g/mol. The van der Waals surface area contributed by atoms with Gasteiger partial charge >= 0.3 is 0 Å². The van der Waals surface area contributed by atoms with Crippen LogP contribution in [-0.4, -0.2) is 17.9 Å². The lowest BCUT2D eigenvalue weighted by Crippen LogP contribution is -2.03. The van der Waals surface area contributed by atoms with Crippen LogP contribution in [0.15, 0.2) is 17.3 Å². The van der Waals surface area contributed by atoms with Crippen molar-refractivity contribution >= 4 is 28.9 Å². The molecule has 0 amide bonds. The maximum absolute atomic E-state index is 10.1. The summed E-state index contributed by atoms with van der Waals surface area (Å²) in [4.78, 5) is 4.89. The predicted molar refractivity (Wildman–Crippen MR) is 94.3 cm³/mol. The molecular weight excluding hydrogens is 321 g/mol. The number of halogens is 2. The quantitative estimate of drug-likeness (QED) is 0.312. The number of oxime groups is 1. The molecule has 0 aliphatic carbocycles. The molecule has 0 saturated carbocycles. The molecule has 0 radical (unpaired) electrons. The lowest BCUT2D eigenvalue weighted by Gasteiger charge is -2.10. The Morgan fingerprint density at radius 3 is 2.36 bits per heavy atom. The van der Waals surface area contributed by atoms with Gasteiger partial charge in [-0.1, -0.05) is 73.8 Å². The first-order chi connectivity index (χ1) is 10.6. The molecule has 1 rings (SSSR count). The van der Waals surface area contributed by atoms with Crippen LogP contribution in [0.1, 0.15) is 63.9 Å². The molecule has 0 spiro atoms. The van der Waals surface area contributed by atoms with E-state index in [1.165, 1.54) is 45.3 Å². The second kappa shape index (κ2) is 10.7. The Bertz CT molecular complexity index is 490. The van der Waals surface area contributed by atoms with E-state index in [1.807, 2.05) is 0 Å². The molecule has 0 aliphatic heterocycles. The van der Waals surface area contributed by atoms with Crippen molar-refractivity contribution in [3.63, 3.8) is 0 Å². The number of hydrogen-bond donors (Lipinski definition) is 1. The fourth-order valence-electron chi connectivity index (χ4n) is 2.38. The molecule has 0 atom stereocenters. The largest absolute Gasteiger partial charge is 0.506 e. The van der Waals surface area contributed by atoms with Crippen LogP contribution in [0.2, 0.25) is 10.0 Å². The van der Waals surface area contributed by atoms with E-state index >= 15 is 0 Å². The molecule has 124 valence electrons. The van der Waals surface area contributed by atoms with Crippen LogP contribution >= 0.6 is 23.2 Å². The summed E-state index contributed by atoms with van der Waals surface area (Å²) in [5, 5.41) is 14.8. The highest BCUT2D eigenvalue weighted by molar-refractivity contribution is 6.36. The highest BCUT2D eigenvalue weighted by Crippen LogP contribution is 2.32. The summed E-state index contributed by atoms with van der Waals surface area (Å²) in [6.45, 7) is 2.22. The molecule has 1 N–H and O–H groups in total. The standard InChI is InChI=1S/C17H25Cl2NO2/c1-3-4-5-6-7-8-9-10-16(20-22-2)14-11-13(18)12-15(19)17(14)21/h11-12,21H,3-10H2,1-2H3/b20-16+. The summed E-state index contributed by atoms with van der Waals surface area (Å²) in [5.41, 5.74) is 1.23. The van der Waals surface area contributed by atoms with Crippen LogP contribution < -0.4 is 0 Å². The summed E-state index contributed by atoms with van der Waals surface area (Å²) < 4.78 is 0. The summed E-state index contributed by atoms with van der Waals surface area (Å²) in [6, 6.07) is 3.18. The van der Waals surface area contributed by atoms with Gasteiger partial charge in [0.2, 0.25) is 0 Å². The van der Waals surface area contributed by atoms with Crippen molar-refractivity contribution in [1.82, 2.24) is 0 Å². The molecule has 1 aromatic rings. The van der Waals surface area contributed by atoms with Gasteiger partial charge in [0, 0.05) is 10.6 Å². The van der Waals surface area contributed by atoms with Crippen LogP contribution in [0.3, 0.4) is 0 Å². The summed E-state index contributed by atoms with van der Waals surface area (Å²) >= 11 is 12.0. The van der Waals surface area contributed by atoms with E-state index in [-0.39, 0.29) is 10.8 Å². The highest BCUT2D eigenvalue weighted by Gasteiger charge is 2.14. The van der Waals surface area contributed by atoms with Gasteiger partial charge in [-0.2, -0.15) is 0 Å². The van der Waals surface area contributed by atoms with Crippen LogP contribution in [0.25, 0.3) is 0 Å².